The molecule has 2 rings (SSSR count). The first kappa shape index (κ1) is 11.9. The molecule has 0 aromatic heterocycles. The van der Waals surface area contributed by atoms with Crippen molar-refractivity contribution in [3.05, 3.63) is 0 Å². The maximum Gasteiger partial charge on any atom is 0.239 e. The maximum atomic E-state index is 12.2. The molecule has 1 atom stereocenters. The molecule has 1 saturated heterocycles. The van der Waals surface area contributed by atoms with E-state index in [9.17, 15) is 4.79 Å². The molecule has 0 bridgehead atoms. The highest BCUT2D eigenvalue weighted by molar-refractivity contribution is 5.82. The Morgan fingerprint density at radius 2 is 1.88 bits per heavy atom. The molecular formula is C13H24N2O. The number of nitrogens with zero attached hydrogens (tertiary/aromatic N) is 1. The quantitative estimate of drug-likeness (QED) is 0.775. The van der Waals surface area contributed by atoms with Crippen LogP contribution in [0.5, 0.6) is 0 Å². The molecule has 1 aliphatic heterocycles. The second kappa shape index (κ2) is 5.17. The van der Waals surface area contributed by atoms with Gasteiger partial charge in [0.15, 0.2) is 0 Å². The molecule has 1 N–H and O–H groups in total. The number of amides is 1. The van der Waals surface area contributed by atoms with Crippen LogP contribution in [-0.4, -0.2) is 36.5 Å². The third-order valence-electron chi connectivity index (χ3n) is 4.25. The Balaban J connectivity index is 1.95. The van der Waals surface area contributed by atoms with Crippen LogP contribution in [0.1, 0.15) is 45.4 Å². The van der Waals surface area contributed by atoms with Gasteiger partial charge in [-0.2, -0.15) is 0 Å². The molecular weight excluding hydrogens is 200 g/mol. The minimum atomic E-state index is 0.0769. The van der Waals surface area contributed by atoms with Gasteiger partial charge in [0.1, 0.15) is 0 Å². The summed E-state index contributed by atoms with van der Waals surface area (Å²) in [6, 6.07) is 0.605. The van der Waals surface area contributed by atoms with Gasteiger partial charge in [-0.1, -0.05) is 6.92 Å². The van der Waals surface area contributed by atoms with Gasteiger partial charge in [0.25, 0.3) is 0 Å². The Morgan fingerprint density at radius 1 is 1.19 bits per heavy atom. The number of likely N-dealkylation sites (N-methyl/N-ethyl adjacent to an activating group) is 1. The van der Waals surface area contributed by atoms with E-state index in [1.54, 1.807) is 0 Å². The van der Waals surface area contributed by atoms with E-state index in [-0.39, 0.29) is 6.04 Å². The average Bonchev–Trinajstić information content (AvgIpc) is 2.31. The van der Waals surface area contributed by atoms with Crippen molar-refractivity contribution in [1.29, 1.82) is 0 Å². The lowest BCUT2D eigenvalue weighted by Crippen LogP contribution is -2.54. The summed E-state index contributed by atoms with van der Waals surface area (Å²) in [6.45, 7) is 3.31. The highest BCUT2D eigenvalue weighted by Gasteiger charge is 2.33. The summed E-state index contributed by atoms with van der Waals surface area (Å²) in [5, 5.41) is 3.14. The summed E-state index contributed by atoms with van der Waals surface area (Å²) in [5.41, 5.74) is 0. The van der Waals surface area contributed by atoms with E-state index in [0.717, 1.165) is 25.3 Å². The highest BCUT2D eigenvalue weighted by Crippen LogP contribution is 2.29. The van der Waals surface area contributed by atoms with Crippen molar-refractivity contribution in [2.24, 2.45) is 5.92 Å². The summed E-state index contributed by atoms with van der Waals surface area (Å²) >= 11 is 0. The first-order valence-corrected chi connectivity index (χ1v) is 6.70. The third-order valence-corrected chi connectivity index (χ3v) is 4.25. The second-order valence-corrected chi connectivity index (χ2v) is 5.43. The fraction of sp³-hybridized carbons (Fsp3) is 0.923. The van der Waals surface area contributed by atoms with Crippen molar-refractivity contribution in [2.75, 3.05) is 13.6 Å². The van der Waals surface area contributed by atoms with Crippen LogP contribution in [-0.2, 0) is 4.79 Å². The van der Waals surface area contributed by atoms with Crippen molar-refractivity contribution in [2.45, 2.75) is 57.5 Å². The minimum Gasteiger partial charge on any atom is -0.338 e. The molecule has 0 aromatic rings. The number of likely N-dealkylation sites (tertiary alicyclic amines) is 1. The van der Waals surface area contributed by atoms with Crippen molar-refractivity contribution in [3.8, 4) is 0 Å². The zero-order chi connectivity index (χ0) is 11.5. The lowest BCUT2D eigenvalue weighted by atomic mass is 9.85. The topological polar surface area (TPSA) is 32.3 Å². The smallest absolute Gasteiger partial charge is 0.239 e. The van der Waals surface area contributed by atoms with Gasteiger partial charge in [-0.05, 0) is 51.5 Å². The predicted molar refractivity (Wildman–Crippen MR) is 65.2 cm³/mol. The molecule has 3 heteroatoms. The van der Waals surface area contributed by atoms with Gasteiger partial charge in [0, 0.05) is 12.6 Å². The normalized spacial score (nSPS) is 36.5. The molecule has 0 radical (unpaired) electrons. The Morgan fingerprint density at radius 3 is 2.50 bits per heavy atom. The van der Waals surface area contributed by atoms with Crippen molar-refractivity contribution >= 4 is 5.91 Å². The largest absolute Gasteiger partial charge is 0.338 e. The lowest BCUT2D eigenvalue weighted by Gasteiger charge is -2.40. The van der Waals surface area contributed by atoms with E-state index in [1.807, 2.05) is 7.05 Å². The zero-order valence-electron chi connectivity index (χ0n) is 10.5. The van der Waals surface area contributed by atoms with E-state index in [2.05, 4.69) is 17.1 Å². The minimum absolute atomic E-state index is 0.0769. The SMILES string of the molecule is CNC1CCCN(C2CCC(C)CC2)C1=O. The van der Waals surface area contributed by atoms with Gasteiger partial charge in [0.05, 0.1) is 6.04 Å². The summed E-state index contributed by atoms with van der Waals surface area (Å²) in [4.78, 5) is 14.4. The molecule has 1 heterocycles. The summed E-state index contributed by atoms with van der Waals surface area (Å²) < 4.78 is 0. The monoisotopic (exact) mass is 224 g/mol. The number of rotatable bonds is 2. The van der Waals surface area contributed by atoms with Crippen LogP contribution in [0.4, 0.5) is 0 Å². The molecule has 92 valence electrons. The molecule has 1 saturated carbocycles. The van der Waals surface area contributed by atoms with Crippen LogP contribution >= 0.6 is 0 Å². The molecule has 1 unspecified atom stereocenters. The van der Waals surface area contributed by atoms with Crippen LogP contribution in [0.2, 0.25) is 0 Å². The van der Waals surface area contributed by atoms with Gasteiger partial charge >= 0.3 is 0 Å². The molecule has 16 heavy (non-hydrogen) atoms. The van der Waals surface area contributed by atoms with E-state index >= 15 is 0 Å². The van der Waals surface area contributed by atoms with Gasteiger partial charge in [-0.25, -0.2) is 0 Å². The summed E-state index contributed by atoms with van der Waals surface area (Å²) in [5.74, 6) is 1.20. The Kier molecular flexibility index (Phi) is 3.85. The molecule has 1 amide bonds. The van der Waals surface area contributed by atoms with E-state index in [0.29, 0.717) is 11.9 Å². The number of carbonyl (C=O) groups is 1. The zero-order valence-corrected chi connectivity index (χ0v) is 10.5. The fourth-order valence-corrected chi connectivity index (χ4v) is 3.08. The first-order chi connectivity index (χ1) is 7.72. The molecule has 0 aromatic carbocycles. The number of piperidine rings is 1. The van der Waals surface area contributed by atoms with Crippen LogP contribution < -0.4 is 5.32 Å². The van der Waals surface area contributed by atoms with Crippen LogP contribution in [0, 0.1) is 5.92 Å². The standard InChI is InChI=1S/C13H24N2O/c1-10-5-7-11(8-6-10)15-9-3-4-12(14-2)13(15)16/h10-12,14H,3-9H2,1-2H3. The Bertz CT molecular complexity index is 246. The second-order valence-electron chi connectivity index (χ2n) is 5.43. The van der Waals surface area contributed by atoms with Crippen LogP contribution in [0.15, 0.2) is 0 Å². The number of carbonyl (C=O) groups excluding carboxylic acids is 1. The fourth-order valence-electron chi connectivity index (χ4n) is 3.08. The number of hydrogen-bond acceptors (Lipinski definition) is 2. The third kappa shape index (κ3) is 2.40. The molecule has 1 aliphatic carbocycles. The number of hydrogen-bond donors (Lipinski definition) is 1. The molecule has 0 spiro atoms. The van der Waals surface area contributed by atoms with E-state index in [4.69, 9.17) is 0 Å². The molecule has 2 aliphatic rings. The van der Waals surface area contributed by atoms with Crippen molar-refractivity contribution in [1.82, 2.24) is 10.2 Å². The van der Waals surface area contributed by atoms with E-state index < -0.39 is 0 Å². The molecule has 2 fully saturated rings. The van der Waals surface area contributed by atoms with Crippen molar-refractivity contribution in [3.63, 3.8) is 0 Å². The van der Waals surface area contributed by atoms with Crippen LogP contribution in [0.3, 0.4) is 0 Å². The van der Waals surface area contributed by atoms with Gasteiger partial charge in [0.2, 0.25) is 5.91 Å². The lowest BCUT2D eigenvalue weighted by molar-refractivity contribution is -0.139. The summed E-state index contributed by atoms with van der Waals surface area (Å²) in [6.07, 6.45) is 7.17. The van der Waals surface area contributed by atoms with Crippen LogP contribution in [0.25, 0.3) is 0 Å². The van der Waals surface area contributed by atoms with Gasteiger partial charge in [-0.15, -0.1) is 0 Å². The first-order valence-electron chi connectivity index (χ1n) is 6.70. The average molecular weight is 224 g/mol. The highest BCUT2D eigenvalue weighted by atomic mass is 16.2. The Hall–Kier alpha value is -0.570. The van der Waals surface area contributed by atoms with E-state index in [1.165, 1.54) is 25.7 Å². The van der Waals surface area contributed by atoms with Gasteiger partial charge in [-0.3, -0.25) is 4.79 Å². The molecule has 3 nitrogen and oxygen atoms in total. The number of nitrogens with one attached hydrogen (secondary N) is 1. The predicted octanol–water partition coefficient (Wildman–Crippen LogP) is 1.78. The van der Waals surface area contributed by atoms with Crippen molar-refractivity contribution < 1.29 is 4.79 Å². The maximum absolute atomic E-state index is 12.2. The Labute approximate surface area is 98.6 Å². The van der Waals surface area contributed by atoms with Gasteiger partial charge < -0.3 is 10.2 Å². The summed E-state index contributed by atoms with van der Waals surface area (Å²) in [7, 11) is 1.90.